The monoisotopic (exact) mass is 172 g/mol. The van der Waals surface area contributed by atoms with Crippen LogP contribution < -0.4 is 0 Å². The number of aliphatic hydroxyl groups excluding tert-OH is 1. The normalized spacial score (nSPS) is 30.1. The Bertz CT molecular complexity index is 165. The second-order valence-electron chi connectivity index (χ2n) is 3.49. The van der Waals surface area contributed by atoms with Gasteiger partial charge in [0.05, 0.1) is 18.8 Å². The summed E-state index contributed by atoms with van der Waals surface area (Å²) in [5.41, 5.74) is 0. The minimum Gasteiger partial charge on any atom is -0.389 e. The second-order valence-corrected chi connectivity index (χ2v) is 3.49. The molecule has 0 radical (unpaired) electrons. The van der Waals surface area contributed by atoms with E-state index in [0.717, 1.165) is 0 Å². The van der Waals surface area contributed by atoms with Crippen LogP contribution >= 0.6 is 0 Å². The molecule has 3 nitrogen and oxygen atoms in total. The Kier molecular flexibility index (Phi) is 2.88. The molecule has 0 bridgehead atoms. The van der Waals surface area contributed by atoms with Crippen LogP contribution in [0.4, 0.5) is 0 Å². The molecule has 12 heavy (non-hydrogen) atoms. The van der Waals surface area contributed by atoms with E-state index >= 15 is 0 Å². The predicted octanol–water partition coefficient (Wildman–Crippen LogP) is 1.07. The number of aliphatic hydroxyl groups is 1. The van der Waals surface area contributed by atoms with Crippen molar-refractivity contribution in [1.82, 2.24) is 0 Å². The SMILES string of the molecule is C=C[C@H](O)C[C@@H]1COC(C)(C)O1. The molecule has 1 rings (SSSR count). The minimum absolute atomic E-state index is 0.00648. The lowest BCUT2D eigenvalue weighted by atomic mass is 10.2. The van der Waals surface area contributed by atoms with Gasteiger partial charge in [0.25, 0.3) is 0 Å². The van der Waals surface area contributed by atoms with E-state index in [1.54, 1.807) is 0 Å². The summed E-state index contributed by atoms with van der Waals surface area (Å²) < 4.78 is 10.8. The van der Waals surface area contributed by atoms with Gasteiger partial charge in [-0.3, -0.25) is 0 Å². The highest BCUT2D eigenvalue weighted by molar-refractivity contribution is 4.83. The predicted molar refractivity (Wildman–Crippen MR) is 45.7 cm³/mol. The molecule has 70 valence electrons. The molecule has 3 heteroatoms. The molecule has 0 aliphatic carbocycles. The van der Waals surface area contributed by atoms with Gasteiger partial charge in [-0.15, -0.1) is 6.58 Å². The zero-order chi connectivity index (χ0) is 9.19. The molecule has 1 heterocycles. The first-order valence-electron chi connectivity index (χ1n) is 4.16. The molecule has 1 aliphatic rings. The van der Waals surface area contributed by atoms with Gasteiger partial charge < -0.3 is 14.6 Å². The maximum atomic E-state index is 9.23. The molecule has 0 aromatic heterocycles. The lowest BCUT2D eigenvalue weighted by molar-refractivity contribution is -0.140. The third kappa shape index (κ3) is 2.59. The van der Waals surface area contributed by atoms with Crippen molar-refractivity contribution in [2.45, 2.75) is 38.3 Å². The Morgan fingerprint density at radius 1 is 1.75 bits per heavy atom. The van der Waals surface area contributed by atoms with Crippen molar-refractivity contribution in [3.8, 4) is 0 Å². The van der Waals surface area contributed by atoms with E-state index < -0.39 is 11.9 Å². The van der Waals surface area contributed by atoms with Gasteiger partial charge in [-0.25, -0.2) is 0 Å². The van der Waals surface area contributed by atoms with Gasteiger partial charge in [-0.1, -0.05) is 6.08 Å². The van der Waals surface area contributed by atoms with E-state index in [0.29, 0.717) is 13.0 Å². The topological polar surface area (TPSA) is 38.7 Å². The summed E-state index contributed by atoms with van der Waals surface area (Å²) in [5, 5.41) is 9.23. The van der Waals surface area contributed by atoms with Crippen molar-refractivity contribution in [1.29, 1.82) is 0 Å². The standard InChI is InChI=1S/C9H16O3/c1-4-7(10)5-8-6-11-9(2,3)12-8/h4,7-8,10H,1,5-6H2,2-3H3/t7-,8+/m0/s1. The quantitative estimate of drug-likeness (QED) is 0.647. The van der Waals surface area contributed by atoms with Gasteiger partial charge in [0.15, 0.2) is 5.79 Å². The van der Waals surface area contributed by atoms with Crippen LogP contribution in [0.15, 0.2) is 12.7 Å². The Balaban J connectivity index is 2.33. The number of hydrogen-bond acceptors (Lipinski definition) is 3. The highest BCUT2D eigenvalue weighted by Crippen LogP contribution is 2.24. The molecule has 0 aromatic carbocycles. The summed E-state index contributed by atoms with van der Waals surface area (Å²) in [6.45, 7) is 7.78. The van der Waals surface area contributed by atoms with E-state index in [1.807, 2.05) is 13.8 Å². The van der Waals surface area contributed by atoms with Crippen LogP contribution in [0, 0.1) is 0 Å². The van der Waals surface area contributed by atoms with E-state index in [-0.39, 0.29) is 6.10 Å². The van der Waals surface area contributed by atoms with E-state index in [4.69, 9.17) is 9.47 Å². The zero-order valence-corrected chi connectivity index (χ0v) is 7.62. The van der Waals surface area contributed by atoms with Crippen molar-refractivity contribution < 1.29 is 14.6 Å². The van der Waals surface area contributed by atoms with E-state index in [9.17, 15) is 5.11 Å². The average Bonchev–Trinajstić information content (AvgIpc) is 2.30. The molecule has 0 aromatic rings. The summed E-state index contributed by atoms with van der Waals surface area (Å²) in [4.78, 5) is 0. The van der Waals surface area contributed by atoms with Crippen LogP contribution in [-0.2, 0) is 9.47 Å². The largest absolute Gasteiger partial charge is 0.389 e. The van der Waals surface area contributed by atoms with Gasteiger partial charge in [-0.05, 0) is 13.8 Å². The summed E-state index contributed by atoms with van der Waals surface area (Å²) in [6, 6.07) is 0. The fourth-order valence-corrected chi connectivity index (χ4v) is 1.24. The zero-order valence-electron chi connectivity index (χ0n) is 7.62. The molecular formula is C9H16O3. The minimum atomic E-state index is -0.494. The first-order chi connectivity index (χ1) is 5.53. The van der Waals surface area contributed by atoms with Crippen LogP contribution in [0.25, 0.3) is 0 Å². The van der Waals surface area contributed by atoms with Crippen LogP contribution in [0.1, 0.15) is 20.3 Å². The van der Waals surface area contributed by atoms with Gasteiger partial charge >= 0.3 is 0 Å². The van der Waals surface area contributed by atoms with Crippen molar-refractivity contribution >= 4 is 0 Å². The summed E-state index contributed by atoms with van der Waals surface area (Å²) >= 11 is 0. The fraction of sp³-hybridized carbons (Fsp3) is 0.778. The van der Waals surface area contributed by atoms with Crippen LogP contribution in [0.3, 0.4) is 0 Å². The van der Waals surface area contributed by atoms with Gasteiger partial charge in [0.1, 0.15) is 0 Å². The summed E-state index contributed by atoms with van der Waals surface area (Å²) in [7, 11) is 0. The number of rotatable bonds is 3. The maximum absolute atomic E-state index is 9.23. The molecular weight excluding hydrogens is 156 g/mol. The molecule has 1 aliphatic heterocycles. The van der Waals surface area contributed by atoms with Crippen LogP contribution in [0.2, 0.25) is 0 Å². The maximum Gasteiger partial charge on any atom is 0.163 e. The Labute approximate surface area is 73.0 Å². The Morgan fingerprint density at radius 2 is 2.42 bits per heavy atom. The highest BCUT2D eigenvalue weighted by atomic mass is 16.7. The van der Waals surface area contributed by atoms with Gasteiger partial charge in [-0.2, -0.15) is 0 Å². The summed E-state index contributed by atoms with van der Waals surface area (Å²) in [5.74, 6) is -0.494. The molecule has 2 atom stereocenters. The molecule has 1 saturated heterocycles. The van der Waals surface area contributed by atoms with E-state index in [1.165, 1.54) is 6.08 Å². The molecule has 0 saturated carbocycles. The van der Waals surface area contributed by atoms with Crippen molar-refractivity contribution in [3.63, 3.8) is 0 Å². The molecule has 0 unspecified atom stereocenters. The van der Waals surface area contributed by atoms with E-state index in [2.05, 4.69) is 6.58 Å². The smallest absolute Gasteiger partial charge is 0.163 e. The second kappa shape index (κ2) is 3.56. The van der Waals surface area contributed by atoms with Crippen LogP contribution in [0.5, 0.6) is 0 Å². The van der Waals surface area contributed by atoms with Crippen molar-refractivity contribution in [2.24, 2.45) is 0 Å². The lowest BCUT2D eigenvalue weighted by Gasteiger charge is -2.17. The first-order valence-corrected chi connectivity index (χ1v) is 4.16. The molecule has 0 amide bonds. The third-order valence-electron chi connectivity index (χ3n) is 1.84. The lowest BCUT2D eigenvalue weighted by Crippen LogP contribution is -2.23. The van der Waals surface area contributed by atoms with Gasteiger partial charge in [0, 0.05) is 6.42 Å². The fourth-order valence-electron chi connectivity index (χ4n) is 1.24. The highest BCUT2D eigenvalue weighted by Gasteiger charge is 2.33. The average molecular weight is 172 g/mol. The van der Waals surface area contributed by atoms with Crippen LogP contribution in [-0.4, -0.2) is 29.7 Å². The third-order valence-corrected chi connectivity index (χ3v) is 1.84. The summed E-state index contributed by atoms with van der Waals surface area (Å²) in [6.07, 6.45) is 1.57. The molecule has 0 spiro atoms. The van der Waals surface area contributed by atoms with Gasteiger partial charge in [0.2, 0.25) is 0 Å². The number of ether oxygens (including phenoxy) is 2. The van der Waals surface area contributed by atoms with Crippen molar-refractivity contribution in [3.05, 3.63) is 12.7 Å². The Morgan fingerprint density at radius 3 is 2.83 bits per heavy atom. The first kappa shape index (κ1) is 9.71. The molecule has 1 N–H and O–H groups in total. The number of hydrogen-bond donors (Lipinski definition) is 1. The molecule has 1 fully saturated rings. The van der Waals surface area contributed by atoms with Crippen molar-refractivity contribution in [2.75, 3.05) is 6.61 Å². The Hall–Kier alpha value is -0.380.